The summed E-state index contributed by atoms with van der Waals surface area (Å²) in [4.78, 5) is 0. The first kappa shape index (κ1) is 12.2. The second-order valence-corrected chi connectivity index (χ2v) is 3.60. The van der Waals surface area contributed by atoms with Gasteiger partial charge in [0.05, 0.1) is 7.11 Å². The Morgan fingerprint density at radius 2 is 2.07 bits per heavy atom. The van der Waals surface area contributed by atoms with Gasteiger partial charge >= 0.3 is 6.61 Å². The van der Waals surface area contributed by atoms with Crippen molar-refractivity contribution in [1.29, 1.82) is 0 Å². The molecule has 0 unspecified atom stereocenters. The van der Waals surface area contributed by atoms with E-state index in [4.69, 9.17) is 4.74 Å². The number of benzene rings is 1. The molecule has 0 heterocycles. The zero-order valence-electron chi connectivity index (χ0n) is 8.17. The second-order valence-electron chi connectivity index (χ2n) is 2.80. The van der Waals surface area contributed by atoms with Gasteiger partial charge in [-0.1, -0.05) is 22.0 Å². The van der Waals surface area contributed by atoms with Crippen molar-refractivity contribution in [2.75, 3.05) is 12.4 Å². The zero-order valence-corrected chi connectivity index (χ0v) is 9.76. The summed E-state index contributed by atoms with van der Waals surface area (Å²) in [6.45, 7) is -2.84. The molecule has 0 saturated carbocycles. The van der Waals surface area contributed by atoms with Crippen LogP contribution in [0.2, 0.25) is 0 Å². The molecule has 0 amide bonds. The van der Waals surface area contributed by atoms with Crippen molar-refractivity contribution in [2.24, 2.45) is 0 Å². The molecule has 0 aliphatic carbocycles. The molecule has 0 bridgehead atoms. The normalized spacial score (nSPS) is 10.5. The van der Waals surface area contributed by atoms with E-state index in [1.807, 2.05) is 6.07 Å². The van der Waals surface area contributed by atoms with Crippen molar-refractivity contribution in [3.8, 4) is 11.5 Å². The average Bonchev–Trinajstić information content (AvgIpc) is 2.18. The number of hydrogen-bond acceptors (Lipinski definition) is 2. The van der Waals surface area contributed by atoms with Gasteiger partial charge in [-0.05, 0) is 24.1 Å². The number of aryl methyl sites for hydroxylation is 1. The highest BCUT2D eigenvalue weighted by atomic mass is 79.9. The highest BCUT2D eigenvalue weighted by Gasteiger charge is 2.10. The van der Waals surface area contributed by atoms with Crippen LogP contribution in [0.3, 0.4) is 0 Å². The van der Waals surface area contributed by atoms with Gasteiger partial charge in [0.25, 0.3) is 0 Å². The van der Waals surface area contributed by atoms with Crippen LogP contribution < -0.4 is 9.47 Å². The van der Waals surface area contributed by atoms with Gasteiger partial charge in [-0.2, -0.15) is 8.78 Å². The number of alkyl halides is 3. The molecule has 1 aromatic carbocycles. The zero-order chi connectivity index (χ0) is 11.3. The summed E-state index contributed by atoms with van der Waals surface area (Å²) in [6, 6.07) is 5.00. The third-order valence-electron chi connectivity index (χ3n) is 1.83. The number of hydrogen-bond donors (Lipinski definition) is 0. The topological polar surface area (TPSA) is 18.5 Å². The van der Waals surface area contributed by atoms with Gasteiger partial charge in [-0.3, -0.25) is 0 Å². The maximum absolute atomic E-state index is 12.1. The Bertz CT molecular complexity index is 318. The fraction of sp³-hybridized carbons (Fsp3) is 0.400. The van der Waals surface area contributed by atoms with Crippen LogP contribution in [0.1, 0.15) is 5.56 Å². The summed E-state index contributed by atoms with van der Waals surface area (Å²) in [5, 5.41) is 0.771. The van der Waals surface area contributed by atoms with Gasteiger partial charge in [0, 0.05) is 5.33 Å². The maximum Gasteiger partial charge on any atom is 0.387 e. The maximum atomic E-state index is 12.1. The van der Waals surface area contributed by atoms with Crippen molar-refractivity contribution >= 4 is 15.9 Å². The standard InChI is InChI=1S/C10H11BrF2O2/c1-14-8-3-2-7(4-5-11)6-9(8)15-10(12)13/h2-3,6,10H,4-5H2,1H3. The first-order valence-electron chi connectivity index (χ1n) is 4.35. The van der Waals surface area contributed by atoms with Crippen LogP contribution in [0, 0.1) is 0 Å². The van der Waals surface area contributed by atoms with Gasteiger partial charge < -0.3 is 9.47 Å². The molecule has 0 spiro atoms. The summed E-state index contributed by atoms with van der Waals surface area (Å²) < 4.78 is 33.4. The Balaban J connectivity index is 2.91. The predicted octanol–water partition coefficient (Wildman–Crippen LogP) is 3.23. The molecule has 0 aliphatic heterocycles. The molecule has 5 heteroatoms. The molecule has 0 radical (unpaired) electrons. The van der Waals surface area contributed by atoms with Crippen LogP contribution >= 0.6 is 15.9 Å². The molecule has 84 valence electrons. The molecule has 1 aromatic rings. The van der Waals surface area contributed by atoms with Gasteiger partial charge in [-0.15, -0.1) is 0 Å². The summed E-state index contributed by atoms with van der Waals surface area (Å²) in [7, 11) is 1.41. The minimum atomic E-state index is -2.84. The van der Waals surface area contributed by atoms with E-state index in [-0.39, 0.29) is 5.75 Å². The lowest BCUT2D eigenvalue weighted by Crippen LogP contribution is -2.04. The highest BCUT2D eigenvalue weighted by molar-refractivity contribution is 9.09. The monoisotopic (exact) mass is 280 g/mol. The Labute approximate surface area is 95.3 Å². The summed E-state index contributed by atoms with van der Waals surface area (Å²) in [5.41, 5.74) is 0.920. The smallest absolute Gasteiger partial charge is 0.387 e. The largest absolute Gasteiger partial charge is 0.493 e. The Hall–Kier alpha value is -0.840. The molecule has 0 atom stereocenters. The molecule has 0 N–H and O–H groups in total. The molecule has 1 rings (SSSR count). The fourth-order valence-corrected chi connectivity index (χ4v) is 1.63. The molecule has 15 heavy (non-hydrogen) atoms. The van der Waals surface area contributed by atoms with Crippen molar-refractivity contribution in [1.82, 2.24) is 0 Å². The van der Waals surface area contributed by atoms with Gasteiger partial charge in [0.1, 0.15) is 0 Å². The molecular weight excluding hydrogens is 270 g/mol. The predicted molar refractivity (Wildman–Crippen MR) is 57.1 cm³/mol. The minimum Gasteiger partial charge on any atom is -0.493 e. The van der Waals surface area contributed by atoms with Crippen molar-refractivity contribution in [3.63, 3.8) is 0 Å². The number of ether oxygens (including phenoxy) is 2. The molecule has 0 saturated heterocycles. The van der Waals surface area contributed by atoms with Crippen LogP contribution in [0.15, 0.2) is 18.2 Å². The van der Waals surface area contributed by atoms with E-state index in [1.54, 1.807) is 12.1 Å². The van der Waals surface area contributed by atoms with E-state index < -0.39 is 6.61 Å². The van der Waals surface area contributed by atoms with Crippen LogP contribution in [0.25, 0.3) is 0 Å². The van der Waals surface area contributed by atoms with Crippen molar-refractivity contribution in [2.45, 2.75) is 13.0 Å². The van der Waals surface area contributed by atoms with E-state index in [9.17, 15) is 8.78 Å². The van der Waals surface area contributed by atoms with E-state index in [0.29, 0.717) is 5.75 Å². The molecule has 0 fully saturated rings. The molecule has 0 aliphatic rings. The number of rotatable bonds is 5. The van der Waals surface area contributed by atoms with Gasteiger partial charge in [0.15, 0.2) is 11.5 Å². The molecule has 0 aromatic heterocycles. The third-order valence-corrected chi connectivity index (χ3v) is 2.22. The minimum absolute atomic E-state index is 0.0750. The first-order chi connectivity index (χ1) is 7.17. The van der Waals surface area contributed by atoms with E-state index in [1.165, 1.54) is 7.11 Å². The number of halogens is 3. The van der Waals surface area contributed by atoms with Crippen LogP contribution in [-0.2, 0) is 6.42 Å². The Kier molecular flexibility index (Phi) is 4.81. The lowest BCUT2D eigenvalue weighted by atomic mass is 10.1. The van der Waals surface area contributed by atoms with Crippen LogP contribution in [0.5, 0.6) is 11.5 Å². The van der Waals surface area contributed by atoms with Gasteiger partial charge in [-0.25, -0.2) is 0 Å². The number of methoxy groups -OCH3 is 1. The molecular formula is C10H11BrF2O2. The SMILES string of the molecule is COc1ccc(CCBr)cc1OC(F)F. The quantitative estimate of drug-likeness (QED) is 0.771. The lowest BCUT2D eigenvalue weighted by molar-refractivity contribution is -0.0512. The lowest BCUT2D eigenvalue weighted by Gasteiger charge is -2.10. The van der Waals surface area contributed by atoms with Crippen LogP contribution in [0.4, 0.5) is 8.78 Å². The second kappa shape index (κ2) is 5.90. The van der Waals surface area contributed by atoms with E-state index >= 15 is 0 Å². The van der Waals surface area contributed by atoms with E-state index in [0.717, 1.165) is 17.3 Å². The van der Waals surface area contributed by atoms with Crippen LogP contribution in [-0.4, -0.2) is 19.1 Å². The fourth-order valence-electron chi connectivity index (χ4n) is 1.17. The molecule has 2 nitrogen and oxygen atoms in total. The Morgan fingerprint density at radius 3 is 2.60 bits per heavy atom. The summed E-state index contributed by atoms with van der Waals surface area (Å²) in [6.07, 6.45) is 0.754. The summed E-state index contributed by atoms with van der Waals surface area (Å²) >= 11 is 3.28. The average molecular weight is 281 g/mol. The Morgan fingerprint density at radius 1 is 1.33 bits per heavy atom. The van der Waals surface area contributed by atoms with Crippen molar-refractivity contribution in [3.05, 3.63) is 23.8 Å². The summed E-state index contributed by atoms with van der Waals surface area (Å²) in [5.74, 6) is 0.388. The highest BCUT2D eigenvalue weighted by Crippen LogP contribution is 2.29. The van der Waals surface area contributed by atoms with Gasteiger partial charge in [0.2, 0.25) is 0 Å². The first-order valence-corrected chi connectivity index (χ1v) is 5.47. The van der Waals surface area contributed by atoms with Crippen molar-refractivity contribution < 1.29 is 18.3 Å². The van der Waals surface area contributed by atoms with E-state index in [2.05, 4.69) is 20.7 Å². The third kappa shape index (κ3) is 3.66.